The molecule has 12 heteroatoms. The lowest BCUT2D eigenvalue weighted by molar-refractivity contribution is 0.334. The number of nitrogens with one attached hydrogen (secondary N) is 1. The van der Waals surface area contributed by atoms with Gasteiger partial charge in [0.2, 0.25) is 0 Å². The quantitative estimate of drug-likeness (QED) is 0.467. The Morgan fingerprint density at radius 2 is 1.90 bits per heavy atom. The zero-order chi connectivity index (χ0) is 21.9. The van der Waals surface area contributed by atoms with E-state index in [-0.39, 0.29) is 35.1 Å². The van der Waals surface area contributed by atoms with Crippen LogP contribution in [0.1, 0.15) is 12.5 Å². The van der Waals surface area contributed by atoms with Gasteiger partial charge >= 0.3 is 0 Å². The Bertz CT molecular complexity index is 1150. The highest BCUT2D eigenvalue weighted by Gasteiger charge is 2.21. The molecule has 2 aromatic heterocycles. The number of nitrogens with zero attached hydrogens (tertiary/aromatic N) is 2. The van der Waals surface area contributed by atoms with Crippen LogP contribution in [0.15, 0.2) is 39.3 Å². The molecule has 7 nitrogen and oxygen atoms in total. The molecule has 0 aliphatic carbocycles. The van der Waals surface area contributed by atoms with E-state index >= 15 is 0 Å². The van der Waals surface area contributed by atoms with Crippen molar-refractivity contribution in [3.8, 4) is 16.3 Å². The van der Waals surface area contributed by atoms with Gasteiger partial charge < -0.3 is 10.1 Å². The van der Waals surface area contributed by atoms with Gasteiger partial charge in [-0.2, -0.15) is 0 Å². The number of halogens is 3. The molecule has 0 radical (unpaired) electrons. The molecule has 3 N–H and O–H groups in total. The number of ether oxygens (including phenoxy) is 1. The lowest BCUT2D eigenvalue weighted by Crippen LogP contribution is -2.11. The number of thiophene rings is 1. The van der Waals surface area contributed by atoms with E-state index < -0.39 is 21.7 Å². The molecule has 0 unspecified atom stereocenters. The van der Waals surface area contributed by atoms with E-state index in [4.69, 9.17) is 9.88 Å². The van der Waals surface area contributed by atoms with E-state index in [0.29, 0.717) is 20.9 Å². The first-order valence-electron chi connectivity index (χ1n) is 8.68. The van der Waals surface area contributed by atoms with Crippen molar-refractivity contribution in [2.75, 3.05) is 18.5 Å². The van der Waals surface area contributed by atoms with E-state index in [9.17, 15) is 17.2 Å². The summed E-state index contributed by atoms with van der Waals surface area (Å²) in [4.78, 5) is 8.76. The van der Waals surface area contributed by atoms with Gasteiger partial charge in [0.25, 0.3) is 10.0 Å². The maximum absolute atomic E-state index is 13.9. The van der Waals surface area contributed by atoms with Gasteiger partial charge in [-0.25, -0.2) is 32.3 Å². The van der Waals surface area contributed by atoms with E-state index in [0.717, 1.165) is 11.3 Å². The number of primary sulfonamides is 1. The molecular formula is C18H17BrF2N4O3S2. The van der Waals surface area contributed by atoms with Crippen molar-refractivity contribution in [2.24, 2.45) is 5.14 Å². The van der Waals surface area contributed by atoms with E-state index in [2.05, 4.69) is 31.2 Å². The summed E-state index contributed by atoms with van der Waals surface area (Å²) < 4.78 is 57.0. The molecule has 2 heterocycles. The molecule has 0 fully saturated rings. The highest BCUT2D eigenvalue weighted by atomic mass is 79.9. The standard InChI is InChI=1S/C18H17BrF2N4O3S2/c1-2-28-15-8-16(29-18(15)30(22,26)27)14-7-17(25-9-24-14)23-4-3-11-12(20)5-10(19)6-13(11)21/h5-9H,2-4H2,1H3,(H2,22,26,27)(H,23,24,25). The molecule has 0 spiro atoms. The number of benzene rings is 1. The number of aromatic nitrogens is 2. The first-order chi connectivity index (χ1) is 14.2. The van der Waals surface area contributed by atoms with Crippen LogP contribution in [0.2, 0.25) is 0 Å². The van der Waals surface area contributed by atoms with Gasteiger partial charge in [0.1, 0.15) is 23.8 Å². The van der Waals surface area contributed by atoms with Gasteiger partial charge in [0, 0.05) is 28.7 Å². The summed E-state index contributed by atoms with van der Waals surface area (Å²) in [5.74, 6) is -0.690. The lowest BCUT2D eigenvalue weighted by atomic mass is 10.1. The third-order valence-corrected chi connectivity index (χ3v) is 6.99. The van der Waals surface area contributed by atoms with E-state index in [1.807, 2.05) is 0 Å². The third kappa shape index (κ3) is 5.31. The Morgan fingerprint density at radius 1 is 1.20 bits per heavy atom. The van der Waals surface area contributed by atoms with Crippen LogP contribution in [0.5, 0.6) is 5.75 Å². The third-order valence-electron chi connectivity index (χ3n) is 3.93. The molecule has 30 heavy (non-hydrogen) atoms. The van der Waals surface area contributed by atoms with Crippen LogP contribution in [0.3, 0.4) is 0 Å². The summed E-state index contributed by atoms with van der Waals surface area (Å²) >= 11 is 3.98. The normalized spacial score (nSPS) is 11.5. The molecule has 0 bridgehead atoms. The first kappa shape index (κ1) is 22.5. The van der Waals surface area contributed by atoms with Crippen molar-refractivity contribution < 1.29 is 21.9 Å². The van der Waals surface area contributed by atoms with Crippen molar-refractivity contribution in [3.05, 3.63) is 52.3 Å². The fourth-order valence-electron chi connectivity index (χ4n) is 2.65. The average molecular weight is 519 g/mol. The van der Waals surface area contributed by atoms with Gasteiger partial charge in [0.05, 0.1) is 17.2 Å². The van der Waals surface area contributed by atoms with Crippen LogP contribution in [-0.4, -0.2) is 31.5 Å². The van der Waals surface area contributed by atoms with Crippen LogP contribution >= 0.6 is 27.3 Å². The summed E-state index contributed by atoms with van der Waals surface area (Å²) in [6.45, 7) is 2.23. The van der Waals surface area contributed by atoms with Gasteiger partial charge in [0.15, 0.2) is 9.96 Å². The molecule has 0 amide bonds. The number of rotatable bonds is 8. The maximum Gasteiger partial charge on any atom is 0.251 e. The zero-order valence-corrected chi connectivity index (χ0v) is 18.9. The molecule has 0 aliphatic heterocycles. The van der Waals surface area contributed by atoms with Crippen LogP contribution in [0.25, 0.3) is 10.6 Å². The number of nitrogens with two attached hydrogens (primary N) is 1. The summed E-state index contributed by atoms with van der Waals surface area (Å²) in [5, 5.41) is 8.24. The molecule has 0 saturated heterocycles. The van der Waals surface area contributed by atoms with Crippen LogP contribution in [-0.2, 0) is 16.4 Å². The molecule has 3 aromatic rings. The van der Waals surface area contributed by atoms with Crippen LogP contribution in [0.4, 0.5) is 14.6 Å². The average Bonchev–Trinajstić information content (AvgIpc) is 3.09. The van der Waals surface area contributed by atoms with Crippen molar-refractivity contribution in [3.63, 3.8) is 0 Å². The highest BCUT2D eigenvalue weighted by molar-refractivity contribution is 9.10. The van der Waals surface area contributed by atoms with Crippen molar-refractivity contribution in [2.45, 2.75) is 17.6 Å². The van der Waals surface area contributed by atoms with Gasteiger partial charge in [-0.3, -0.25) is 0 Å². The first-order valence-corrected chi connectivity index (χ1v) is 11.8. The second kappa shape index (κ2) is 9.33. The molecule has 1 aromatic carbocycles. The summed E-state index contributed by atoms with van der Waals surface area (Å²) in [6.07, 6.45) is 1.41. The molecule has 0 atom stereocenters. The molecule has 160 valence electrons. The Morgan fingerprint density at radius 3 is 2.53 bits per heavy atom. The topological polar surface area (TPSA) is 107 Å². The van der Waals surface area contributed by atoms with Crippen molar-refractivity contribution >= 4 is 43.1 Å². The summed E-state index contributed by atoms with van der Waals surface area (Å²) in [7, 11) is -3.95. The minimum absolute atomic E-state index is 0.0302. The largest absolute Gasteiger partial charge is 0.492 e. The summed E-state index contributed by atoms with van der Waals surface area (Å²) in [6, 6.07) is 5.56. The second-order valence-corrected chi connectivity index (χ2v) is 9.78. The zero-order valence-electron chi connectivity index (χ0n) is 15.7. The van der Waals surface area contributed by atoms with Gasteiger partial charge in [-0.1, -0.05) is 15.9 Å². The Labute approximate surface area is 184 Å². The van der Waals surface area contributed by atoms with Crippen molar-refractivity contribution in [1.29, 1.82) is 0 Å². The Hall–Kier alpha value is -2.15. The fourth-order valence-corrected chi connectivity index (χ4v) is 4.99. The SMILES string of the molecule is CCOc1cc(-c2cc(NCCc3c(F)cc(Br)cc3F)ncn2)sc1S(N)(=O)=O. The predicted molar refractivity (Wildman–Crippen MR) is 114 cm³/mol. The number of hydrogen-bond donors (Lipinski definition) is 2. The monoisotopic (exact) mass is 518 g/mol. The van der Waals surface area contributed by atoms with Gasteiger partial charge in [-0.15, -0.1) is 11.3 Å². The van der Waals surface area contributed by atoms with Gasteiger partial charge in [-0.05, 0) is 25.5 Å². The molecular weight excluding hydrogens is 502 g/mol. The predicted octanol–water partition coefficient (Wildman–Crippen LogP) is 3.95. The van der Waals surface area contributed by atoms with Crippen molar-refractivity contribution in [1.82, 2.24) is 9.97 Å². The minimum atomic E-state index is -3.95. The fraction of sp³-hybridized carbons (Fsp3) is 0.222. The van der Waals surface area contributed by atoms with E-state index in [1.54, 1.807) is 19.1 Å². The van der Waals surface area contributed by atoms with E-state index in [1.165, 1.54) is 18.5 Å². The molecule has 3 rings (SSSR count). The van der Waals surface area contributed by atoms with Crippen LogP contribution < -0.4 is 15.2 Å². The smallest absolute Gasteiger partial charge is 0.251 e. The maximum atomic E-state index is 13.9. The lowest BCUT2D eigenvalue weighted by Gasteiger charge is -2.08. The molecule has 0 aliphatic rings. The highest BCUT2D eigenvalue weighted by Crippen LogP contribution is 2.38. The Balaban J connectivity index is 1.77. The second-order valence-electron chi connectivity index (χ2n) is 6.05. The Kier molecular flexibility index (Phi) is 7.01. The minimum Gasteiger partial charge on any atom is -0.492 e. The number of sulfonamides is 1. The van der Waals surface area contributed by atoms with Crippen LogP contribution in [0, 0.1) is 11.6 Å². The summed E-state index contributed by atoms with van der Waals surface area (Å²) in [5.41, 5.74) is 0.423. The number of anilines is 1. The number of hydrogen-bond acceptors (Lipinski definition) is 7. The molecule has 0 saturated carbocycles.